The summed E-state index contributed by atoms with van der Waals surface area (Å²) < 4.78 is 12.4. The molecule has 9 nitrogen and oxygen atoms in total. The van der Waals surface area contributed by atoms with E-state index < -0.39 is 53.6 Å². The van der Waals surface area contributed by atoms with Crippen molar-refractivity contribution in [1.82, 2.24) is 0 Å². The van der Waals surface area contributed by atoms with Crippen LogP contribution in [0.1, 0.15) is 44.1 Å². The van der Waals surface area contributed by atoms with Crippen LogP contribution in [-0.4, -0.2) is 91.4 Å². The molecular weight excluding hydrogens is 480 g/mol. The molecule has 2 saturated carbocycles. The first-order chi connectivity index (χ1) is 17.7. The lowest BCUT2D eigenvalue weighted by molar-refractivity contribution is -0.401. The van der Waals surface area contributed by atoms with Gasteiger partial charge in [-0.05, 0) is 80.4 Å². The fraction of sp³-hybridized carbons (Fsp3) is 0.714. The van der Waals surface area contributed by atoms with Crippen LogP contribution in [0.25, 0.3) is 0 Å². The van der Waals surface area contributed by atoms with Gasteiger partial charge in [-0.15, -0.1) is 6.58 Å². The van der Waals surface area contributed by atoms with Gasteiger partial charge < -0.3 is 45.2 Å². The average Bonchev–Trinajstić information content (AvgIpc) is 2.99. The Bertz CT molecular complexity index is 894. The van der Waals surface area contributed by atoms with Gasteiger partial charge in [-0.25, -0.2) is 0 Å². The molecule has 3 aliphatic rings. The van der Waals surface area contributed by atoms with E-state index in [2.05, 4.69) is 6.58 Å². The van der Waals surface area contributed by atoms with E-state index in [1.165, 1.54) is 0 Å². The zero-order chi connectivity index (χ0) is 26.8. The Morgan fingerprint density at radius 1 is 1.05 bits per heavy atom. The van der Waals surface area contributed by atoms with Gasteiger partial charge in [0.05, 0.1) is 6.10 Å². The van der Waals surface area contributed by atoms with Crippen molar-refractivity contribution >= 4 is 0 Å². The summed E-state index contributed by atoms with van der Waals surface area (Å²) in [6, 6.07) is 7.13. The van der Waals surface area contributed by atoms with E-state index >= 15 is 0 Å². The van der Waals surface area contributed by atoms with Crippen LogP contribution in [0.2, 0.25) is 0 Å². The lowest BCUT2D eigenvalue weighted by atomic mass is 9.54. The first-order valence-electron chi connectivity index (χ1n) is 13.4. The van der Waals surface area contributed by atoms with Crippen LogP contribution in [0.4, 0.5) is 0 Å². The van der Waals surface area contributed by atoms with Crippen LogP contribution in [0.5, 0.6) is 5.75 Å². The highest BCUT2D eigenvalue weighted by Crippen LogP contribution is 2.58. The summed E-state index contributed by atoms with van der Waals surface area (Å²) in [5, 5.41) is 76.4. The number of fused-ring (bicyclic) bond motifs is 1. The summed E-state index contributed by atoms with van der Waals surface area (Å²) in [4.78, 5) is 0. The quantitative estimate of drug-likeness (QED) is 0.206. The van der Waals surface area contributed by atoms with Gasteiger partial charge in [-0.3, -0.25) is 0 Å². The van der Waals surface area contributed by atoms with Gasteiger partial charge in [-0.1, -0.05) is 18.2 Å². The topological polar surface area (TPSA) is 160 Å². The molecule has 0 unspecified atom stereocenters. The summed E-state index contributed by atoms with van der Waals surface area (Å²) in [6.45, 7) is 3.23. The molecular formula is C28H42O9. The summed E-state index contributed by atoms with van der Waals surface area (Å²) >= 11 is 0. The van der Waals surface area contributed by atoms with Gasteiger partial charge >= 0.3 is 0 Å². The Hall–Kier alpha value is -1.56. The maximum atomic E-state index is 12.2. The lowest BCUT2D eigenvalue weighted by Gasteiger charge is -2.63. The Kier molecular flexibility index (Phi) is 8.97. The third-order valence-electron chi connectivity index (χ3n) is 9.03. The third kappa shape index (κ3) is 4.96. The van der Waals surface area contributed by atoms with E-state index in [4.69, 9.17) is 9.47 Å². The SMILES string of the molecule is C=CCc1ccc(O[C@H]2O[C@@H]3[C@H](O)[C@@H](CCO)CC[C@@H]4C[C@H]([C@@H](CO)CCCO)[C@@]2(O)[C@@H](O)[C@@]43O)cc1. The number of hydrogen-bond donors (Lipinski definition) is 7. The van der Waals surface area contributed by atoms with E-state index in [1.807, 2.05) is 12.1 Å². The predicted molar refractivity (Wildman–Crippen MR) is 134 cm³/mol. The first kappa shape index (κ1) is 28.4. The lowest BCUT2D eigenvalue weighted by Crippen LogP contribution is -2.82. The molecule has 0 aromatic heterocycles. The smallest absolute Gasteiger partial charge is 0.232 e. The van der Waals surface area contributed by atoms with E-state index in [9.17, 15) is 35.7 Å². The fourth-order valence-electron chi connectivity index (χ4n) is 7.00. The molecule has 0 amide bonds. The van der Waals surface area contributed by atoms with E-state index in [0.717, 1.165) is 5.56 Å². The van der Waals surface area contributed by atoms with E-state index in [0.29, 0.717) is 44.3 Å². The Morgan fingerprint density at radius 3 is 2.41 bits per heavy atom. The molecule has 208 valence electrons. The van der Waals surface area contributed by atoms with Crippen LogP contribution in [0.15, 0.2) is 36.9 Å². The number of rotatable bonds is 11. The van der Waals surface area contributed by atoms with Crippen molar-refractivity contribution in [2.24, 2.45) is 23.7 Å². The average molecular weight is 523 g/mol. The van der Waals surface area contributed by atoms with Crippen LogP contribution < -0.4 is 4.74 Å². The van der Waals surface area contributed by atoms with Crippen molar-refractivity contribution in [2.75, 3.05) is 19.8 Å². The van der Waals surface area contributed by atoms with Crippen LogP contribution in [-0.2, 0) is 11.2 Å². The number of benzene rings is 1. The molecule has 2 aliphatic carbocycles. The van der Waals surface area contributed by atoms with Crippen LogP contribution in [0, 0.1) is 23.7 Å². The molecule has 1 aromatic rings. The minimum atomic E-state index is -2.10. The molecule has 0 radical (unpaired) electrons. The van der Waals surface area contributed by atoms with Crippen LogP contribution >= 0.6 is 0 Å². The summed E-state index contributed by atoms with van der Waals surface area (Å²) in [7, 11) is 0. The normalized spacial score (nSPS) is 40.0. The molecule has 1 heterocycles. The van der Waals surface area contributed by atoms with Gasteiger partial charge in [0.2, 0.25) is 6.29 Å². The molecule has 9 heteroatoms. The highest BCUT2D eigenvalue weighted by molar-refractivity contribution is 5.29. The van der Waals surface area contributed by atoms with Crippen molar-refractivity contribution in [2.45, 2.75) is 80.7 Å². The molecule has 1 aromatic carbocycles. The molecule has 1 aliphatic heterocycles. The standard InChI is InChI=1S/C28H42O9/c1-2-4-17-6-10-21(11-7-17)36-26-28(35)22(19(16-31)5-3-13-29)15-20-9-8-18(12-14-30)23(32)24(37-26)27(20,34)25(28)33/h2,6-7,10-11,18-20,22-26,29-35H,1,3-5,8-9,12-16H2/t18-,19-,20-,22-,23-,24-,25+,26+,27-,28-/m1/s1. The van der Waals surface area contributed by atoms with Crippen molar-refractivity contribution in [1.29, 1.82) is 0 Å². The predicted octanol–water partition coefficient (Wildman–Crippen LogP) is 0.512. The number of aliphatic hydroxyl groups excluding tert-OH is 5. The summed E-state index contributed by atoms with van der Waals surface area (Å²) in [6.07, 6.45) is -0.822. The Morgan fingerprint density at radius 2 is 1.78 bits per heavy atom. The fourth-order valence-corrected chi connectivity index (χ4v) is 7.00. The highest BCUT2D eigenvalue weighted by atomic mass is 16.7. The van der Waals surface area contributed by atoms with E-state index in [1.54, 1.807) is 18.2 Å². The molecule has 7 N–H and O–H groups in total. The molecule has 10 atom stereocenters. The van der Waals surface area contributed by atoms with Gasteiger partial charge in [0.15, 0.2) is 5.60 Å². The molecule has 0 spiro atoms. The van der Waals surface area contributed by atoms with Crippen LogP contribution in [0.3, 0.4) is 0 Å². The molecule has 2 bridgehead atoms. The molecule has 37 heavy (non-hydrogen) atoms. The van der Waals surface area contributed by atoms with Crippen molar-refractivity contribution in [3.63, 3.8) is 0 Å². The van der Waals surface area contributed by atoms with Crippen molar-refractivity contribution in [3.05, 3.63) is 42.5 Å². The van der Waals surface area contributed by atoms with Crippen molar-refractivity contribution < 1.29 is 45.2 Å². The van der Waals surface area contributed by atoms with Gasteiger partial charge in [-0.2, -0.15) is 0 Å². The molecule has 1 saturated heterocycles. The third-order valence-corrected chi connectivity index (χ3v) is 9.03. The minimum Gasteiger partial charge on any atom is -0.462 e. The van der Waals surface area contributed by atoms with Gasteiger partial charge in [0.25, 0.3) is 0 Å². The zero-order valence-electron chi connectivity index (χ0n) is 21.2. The minimum absolute atomic E-state index is 0.0812. The Balaban J connectivity index is 1.76. The Labute approximate surface area is 218 Å². The zero-order valence-corrected chi connectivity index (χ0v) is 21.2. The summed E-state index contributed by atoms with van der Waals surface area (Å²) in [5.41, 5.74) is -3.03. The second-order valence-electron chi connectivity index (χ2n) is 11.0. The largest absolute Gasteiger partial charge is 0.462 e. The van der Waals surface area contributed by atoms with Crippen molar-refractivity contribution in [3.8, 4) is 5.75 Å². The van der Waals surface area contributed by atoms with E-state index in [-0.39, 0.29) is 32.2 Å². The first-order valence-corrected chi connectivity index (χ1v) is 13.4. The van der Waals surface area contributed by atoms with Gasteiger partial charge in [0.1, 0.15) is 23.6 Å². The number of aliphatic hydroxyl groups is 7. The monoisotopic (exact) mass is 522 g/mol. The number of allylic oxidation sites excluding steroid dienone is 1. The second-order valence-corrected chi connectivity index (χ2v) is 11.0. The second kappa shape index (κ2) is 11.7. The van der Waals surface area contributed by atoms with Gasteiger partial charge in [0, 0.05) is 25.7 Å². The summed E-state index contributed by atoms with van der Waals surface area (Å²) in [5.74, 6) is -1.71. The number of ether oxygens (including phenoxy) is 2. The maximum absolute atomic E-state index is 12.2. The number of hydrogen-bond acceptors (Lipinski definition) is 9. The molecule has 4 rings (SSSR count). The maximum Gasteiger partial charge on any atom is 0.232 e. The molecule has 3 fully saturated rings. The highest BCUT2D eigenvalue weighted by Gasteiger charge is 2.74.